The Morgan fingerprint density at radius 3 is 2.30 bits per heavy atom. The fourth-order valence-corrected chi connectivity index (χ4v) is 2.78. The molecular formula is C12H19N3O4S. The molecular weight excluding hydrogens is 282 g/mol. The van der Waals surface area contributed by atoms with E-state index in [0.29, 0.717) is 5.82 Å². The van der Waals surface area contributed by atoms with Crippen LogP contribution < -0.4 is 9.62 Å². The van der Waals surface area contributed by atoms with Gasteiger partial charge in [-0.15, -0.1) is 0 Å². The number of carbonyl (C=O) groups is 1. The van der Waals surface area contributed by atoms with Crippen LogP contribution in [0.4, 0.5) is 5.82 Å². The molecule has 1 atom stereocenters. The smallest absolute Gasteiger partial charge is 0.322 e. The third-order valence-electron chi connectivity index (χ3n) is 2.70. The molecule has 0 aromatic carbocycles. The number of sulfonamides is 1. The van der Waals surface area contributed by atoms with Gasteiger partial charge in [0, 0.05) is 20.3 Å². The largest absolute Gasteiger partial charge is 0.480 e. The summed E-state index contributed by atoms with van der Waals surface area (Å²) in [4.78, 5) is 16.7. The van der Waals surface area contributed by atoms with E-state index in [9.17, 15) is 13.2 Å². The van der Waals surface area contributed by atoms with Crippen molar-refractivity contribution in [3.8, 4) is 0 Å². The Bertz CT molecular complexity index is 567. The van der Waals surface area contributed by atoms with Crippen LogP contribution in [-0.2, 0) is 14.8 Å². The summed E-state index contributed by atoms with van der Waals surface area (Å²) in [5, 5.41) is 9.02. The first-order valence-corrected chi connectivity index (χ1v) is 7.52. The summed E-state index contributed by atoms with van der Waals surface area (Å²) < 4.78 is 26.4. The van der Waals surface area contributed by atoms with Gasteiger partial charge < -0.3 is 10.0 Å². The van der Waals surface area contributed by atoms with Crippen LogP contribution in [0.1, 0.15) is 13.8 Å². The SMILES string of the molecule is CC(C)C(NS(=O)(=O)c1ccc(N(C)C)nc1)C(=O)O. The topological polar surface area (TPSA) is 99.6 Å². The highest BCUT2D eigenvalue weighted by molar-refractivity contribution is 7.89. The Balaban J connectivity index is 3.01. The van der Waals surface area contributed by atoms with E-state index in [-0.39, 0.29) is 10.8 Å². The van der Waals surface area contributed by atoms with Crippen molar-refractivity contribution in [2.75, 3.05) is 19.0 Å². The van der Waals surface area contributed by atoms with Gasteiger partial charge in [-0.05, 0) is 18.1 Å². The van der Waals surface area contributed by atoms with Crippen LogP contribution >= 0.6 is 0 Å². The summed E-state index contributed by atoms with van der Waals surface area (Å²) in [6.45, 7) is 3.27. The number of hydrogen-bond donors (Lipinski definition) is 2. The van der Waals surface area contributed by atoms with Gasteiger partial charge in [-0.3, -0.25) is 4.79 Å². The molecule has 0 amide bonds. The fraction of sp³-hybridized carbons (Fsp3) is 0.500. The number of hydrogen-bond acceptors (Lipinski definition) is 5. The predicted molar refractivity (Wildman–Crippen MR) is 75.1 cm³/mol. The molecule has 0 saturated heterocycles. The molecule has 1 rings (SSSR count). The summed E-state index contributed by atoms with van der Waals surface area (Å²) in [6.07, 6.45) is 1.21. The van der Waals surface area contributed by atoms with Gasteiger partial charge in [0.1, 0.15) is 16.8 Å². The number of pyridine rings is 1. The molecule has 1 aromatic rings. The van der Waals surface area contributed by atoms with E-state index in [1.165, 1.54) is 12.3 Å². The monoisotopic (exact) mass is 301 g/mol. The van der Waals surface area contributed by atoms with E-state index in [2.05, 4.69) is 9.71 Å². The molecule has 0 radical (unpaired) electrons. The molecule has 0 spiro atoms. The first-order chi connectivity index (χ1) is 9.15. The summed E-state index contributed by atoms with van der Waals surface area (Å²) in [6, 6.07) is 1.78. The molecule has 2 N–H and O–H groups in total. The Hall–Kier alpha value is -1.67. The Morgan fingerprint density at radius 2 is 1.95 bits per heavy atom. The standard InChI is InChI=1S/C12H19N3O4S/c1-8(2)11(12(16)17)14-20(18,19)9-5-6-10(13-7-9)15(3)4/h5-8,11,14H,1-4H3,(H,16,17). The maximum absolute atomic E-state index is 12.1. The Labute approximate surface area is 118 Å². The van der Waals surface area contributed by atoms with Crippen LogP contribution in [0.15, 0.2) is 23.2 Å². The molecule has 20 heavy (non-hydrogen) atoms. The van der Waals surface area contributed by atoms with Gasteiger partial charge in [-0.2, -0.15) is 4.72 Å². The first kappa shape index (κ1) is 16.4. The minimum Gasteiger partial charge on any atom is -0.480 e. The zero-order chi connectivity index (χ0) is 15.5. The second kappa shape index (κ2) is 6.19. The van der Waals surface area contributed by atoms with Crippen molar-refractivity contribution >= 4 is 21.8 Å². The van der Waals surface area contributed by atoms with Crippen molar-refractivity contribution in [3.05, 3.63) is 18.3 Å². The van der Waals surface area contributed by atoms with E-state index < -0.39 is 22.0 Å². The number of nitrogens with zero attached hydrogens (tertiary/aromatic N) is 2. The first-order valence-electron chi connectivity index (χ1n) is 6.03. The third-order valence-corrected chi connectivity index (χ3v) is 4.13. The van der Waals surface area contributed by atoms with Crippen LogP contribution in [0.5, 0.6) is 0 Å². The lowest BCUT2D eigenvalue weighted by atomic mass is 10.1. The average Bonchev–Trinajstić information content (AvgIpc) is 2.35. The van der Waals surface area contributed by atoms with E-state index >= 15 is 0 Å². The highest BCUT2D eigenvalue weighted by atomic mass is 32.2. The lowest BCUT2D eigenvalue weighted by Gasteiger charge is -2.18. The van der Waals surface area contributed by atoms with Gasteiger partial charge in [0.15, 0.2) is 0 Å². The molecule has 0 bridgehead atoms. The van der Waals surface area contributed by atoms with Gasteiger partial charge in [0.05, 0.1) is 0 Å². The lowest BCUT2D eigenvalue weighted by Crippen LogP contribution is -2.44. The van der Waals surface area contributed by atoms with Gasteiger partial charge in [-0.1, -0.05) is 13.8 Å². The maximum atomic E-state index is 12.1. The van der Waals surface area contributed by atoms with Crippen LogP contribution in [0.3, 0.4) is 0 Å². The second-order valence-corrected chi connectivity index (χ2v) is 6.64. The number of carboxylic acids is 1. The molecule has 7 nitrogen and oxygen atoms in total. The minimum atomic E-state index is -3.90. The van der Waals surface area contributed by atoms with Crippen LogP contribution in [-0.4, -0.2) is 44.6 Å². The number of aromatic nitrogens is 1. The molecule has 0 fully saturated rings. The van der Waals surface area contributed by atoms with Crippen molar-refractivity contribution in [2.24, 2.45) is 5.92 Å². The molecule has 1 heterocycles. The van der Waals surface area contributed by atoms with E-state index in [0.717, 1.165) is 0 Å². The molecule has 1 aromatic heterocycles. The van der Waals surface area contributed by atoms with Gasteiger partial charge in [0.25, 0.3) is 0 Å². The van der Waals surface area contributed by atoms with Crippen molar-refractivity contribution in [3.63, 3.8) is 0 Å². The van der Waals surface area contributed by atoms with E-state index in [1.807, 2.05) is 0 Å². The lowest BCUT2D eigenvalue weighted by molar-refractivity contribution is -0.140. The van der Waals surface area contributed by atoms with Crippen molar-refractivity contribution in [1.82, 2.24) is 9.71 Å². The predicted octanol–water partition coefficient (Wildman–Crippen LogP) is 0.535. The van der Waals surface area contributed by atoms with Crippen LogP contribution in [0.2, 0.25) is 0 Å². The summed E-state index contributed by atoms with van der Waals surface area (Å²) in [5.41, 5.74) is 0. The van der Waals surface area contributed by atoms with E-state index in [1.54, 1.807) is 38.9 Å². The summed E-state index contributed by atoms with van der Waals surface area (Å²) in [5.74, 6) is -0.958. The average molecular weight is 301 g/mol. The number of rotatable bonds is 6. The zero-order valence-electron chi connectivity index (χ0n) is 11.9. The number of nitrogens with one attached hydrogen (secondary N) is 1. The molecule has 1 unspecified atom stereocenters. The quantitative estimate of drug-likeness (QED) is 0.795. The Kier molecular flexibility index (Phi) is 5.07. The highest BCUT2D eigenvalue weighted by Gasteiger charge is 2.28. The Morgan fingerprint density at radius 1 is 1.35 bits per heavy atom. The third kappa shape index (κ3) is 3.91. The maximum Gasteiger partial charge on any atom is 0.322 e. The molecule has 0 aliphatic carbocycles. The normalized spacial score (nSPS) is 13.2. The summed E-state index contributed by atoms with van der Waals surface area (Å²) >= 11 is 0. The second-order valence-electron chi connectivity index (χ2n) is 4.93. The van der Waals surface area contributed by atoms with Crippen LogP contribution in [0.25, 0.3) is 0 Å². The molecule has 0 saturated carbocycles. The molecule has 0 aliphatic rings. The number of anilines is 1. The number of aliphatic carboxylic acids is 1. The van der Waals surface area contributed by atoms with Gasteiger partial charge in [-0.25, -0.2) is 13.4 Å². The molecule has 112 valence electrons. The molecule has 8 heteroatoms. The minimum absolute atomic E-state index is 0.0602. The molecule has 0 aliphatic heterocycles. The van der Waals surface area contributed by atoms with Gasteiger partial charge in [0.2, 0.25) is 10.0 Å². The van der Waals surface area contributed by atoms with Crippen molar-refractivity contribution in [1.29, 1.82) is 0 Å². The zero-order valence-corrected chi connectivity index (χ0v) is 12.7. The van der Waals surface area contributed by atoms with Crippen LogP contribution in [0, 0.1) is 5.92 Å². The van der Waals surface area contributed by atoms with E-state index in [4.69, 9.17) is 5.11 Å². The summed E-state index contributed by atoms with van der Waals surface area (Å²) in [7, 11) is -0.332. The van der Waals surface area contributed by atoms with Crippen molar-refractivity contribution < 1.29 is 18.3 Å². The van der Waals surface area contributed by atoms with Gasteiger partial charge >= 0.3 is 5.97 Å². The highest BCUT2D eigenvalue weighted by Crippen LogP contribution is 2.14. The fourth-order valence-electron chi connectivity index (χ4n) is 1.50. The van der Waals surface area contributed by atoms with Crippen molar-refractivity contribution in [2.45, 2.75) is 24.8 Å². The number of carboxylic acid groups (broad SMARTS) is 1.